The van der Waals surface area contributed by atoms with Gasteiger partial charge >= 0.3 is 0 Å². The number of hydrogen-bond acceptors (Lipinski definition) is 4. The maximum Gasteiger partial charge on any atom is 0.294 e. The molecule has 0 spiro atoms. The van der Waals surface area contributed by atoms with Crippen molar-refractivity contribution in [3.8, 4) is 0 Å². The van der Waals surface area contributed by atoms with Crippen LogP contribution in [0.5, 0.6) is 0 Å². The van der Waals surface area contributed by atoms with E-state index >= 15 is 0 Å². The van der Waals surface area contributed by atoms with Gasteiger partial charge < -0.3 is 4.90 Å². The Bertz CT molecular complexity index is 661. The third-order valence-corrected chi connectivity index (χ3v) is 4.49. The lowest BCUT2D eigenvalue weighted by Gasteiger charge is -2.18. The zero-order valence-electron chi connectivity index (χ0n) is 11.4. The topological polar surface area (TPSA) is 61.9 Å². The SMILES string of the molecule is C=CCN(Cc1ccc(Cl)s1)C(=O)c1n[nH]c(C2CC2)n1. The standard InChI is InChI=1S/C14H15ClN4OS/c1-2-7-19(8-10-5-6-11(15)21-10)14(20)13-16-12(17-18-13)9-3-4-9/h2,5-6,9H,1,3-4,7-8H2,(H,16,17,18). The van der Waals surface area contributed by atoms with E-state index in [1.165, 1.54) is 11.3 Å². The number of aromatic amines is 1. The molecule has 0 bridgehead atoms. The van der Waals surface area contributed by atoms with Gasteiger partial charge in [0.15, 0.2) is 0 Å². The first-order valence-electron chi connectivity index (χ1n) is 6.74. The molecule has 5 nitrogen and oxygen atoms in total. The highest BCUT2D eigenvalue weighted by atomic mass is 35.5. The molecule has 1 N–H and O–H groups in total. The minimum absolute atomic E-state index is 0.192. The fourth-order valence-corrected chi connectivity index (χ4v) is 3.15. The predicted molar refractivity (Wildman–Crippen MR) is 82.6 cm³/mol. The summed E-state index contributed by atoms with van der Waals surface area (Å²) < 4.78 is 0.713. The molecule has 1 saturated carbocycles. The molecule has 1 fully saturated rings. The summed E-state index contributed by atoms with van der Waals surface area (Å²) in [5.74, 6) is 1.29. The third kappa shape index (κ3) is 3.33. The van der Waals surface area contributed by atoms with Crippen LogP contribution in [0.2, 0.25) is 4.34 Å². The van der Waals surface area contributed by atoms with E-state index in [4.69, 9.17) is 11.6 Å². The van der Waals surface area contributed by atoms with Crippen LogP contribution in [0, 0.1) is 0 Å². The van der Waals surface area contributed by atoms with Crippen LogP contribution in [0.4, 0.5) is 0 Å². The van der Waals surface area contributed by atoms with Crippen LogP contribution in [0.15, 0.2) is 24.8 Å². The van der Waals surface area contributed by atoms with E-state index in [2.05, 4.69) is 21.8 Å². The number of rotatable bonds is 6. The molecule has 0 saturated heterocycles. The van der Waals surface area contributed by atoms with Gasteiger partial charge in [-0.05, 0) is 25.0 Å². The Morgan fingerprint density at radius 3 is 3.00 bits per heavy atom. The summed E-state index contributed by atoms with van der Waals surface area (Å²) in [6, 6.07) is 3.75. The lowest BCUT2D eigenvalue weighted by atomic mass is 10.3. The van der Waals surface area contributed by atoms with Gasteiger partial charge in [0.2, 0.25) is 5.82 Å². The Kier molecular flexibility index (Phi) is 4.07. The molecule has 0 aromatic carbocycles. The van der Waals surface area contributed by atoms with Gasteiger partial charge in [0, 0.05) is 17.3 Å². The number of carbonyl (C=O) groups excluding carboxylic acids is 1. The number of hydrogen-bond donors (Lipinski definition) is 1. The molecule has 0 atom stereocenters. The van der Waals surface area contributed by atoms with Crippen LogP contribution in [-0.2, 0) is 6.54 Å². The highest BCUT2D eigenvalue weighted by molar-refractivity contribution is 7.16. The van der Waals surface area contributed by atoms with Gasteiger partial charge in [-0.25, -0.2) is 4.98 Å². The molecular weight excluding hydrogens is 308 g/mol. The van der Waals surface area contributed by atoms with E-state index in [-0.39, 0.29) is 11.7 Å². The number of halogens is 1. The molecule has 0 radical (unpaired) electrons. The van der Waals surface area contributed by atoms with Crippen molar-refractivity contribution < 1.29 is 4.79 Å². The van der Waals surface area contributed by atoms with Crippen LogP contribution < -0.4 is 0 Å². The van der Waals surface area contributed by atoms with Crippen molar-refractivity contribution in [2.75, 3.05) is 6.54 Å². The summed E-state index contributed by atoms with van der Waals surface area (Å²) in [5.41, 5.74) is 0. The zero-order chi connectivity index (χ0) is 14.8. The molecule has 1 aliphatic carbocycles. The first-order chi connectivity index (χ1) is 10.2. The number of amides is 1. The molecule has 2 heterocycles. The van der Waals surface area contributed by atoms with E-state index in [9.17, 15) is 4.79 Å². The Hall–Kier alpha value is -1.66. The highest BCUT2D eigenvalue weighted by Gasteiger charge is 2.29. The van der Waals surface area contributed by atoms with Crippen LogP contribution in [0.1, 0.15) is 40.1 Å². The van der Waals surface area contributed by atoms with Gasteiger partial charge in [-0.1, -0.05) is 17.7 Å². The van der Waals surface area contributed by atoms with E-state index < -0.39 is 0 Å². The summed E-state index contributed by atoms with van der Waals surface area (Å²) in [7, 11) is 0. The monoisotopic (exact) mass is 322 g/mol. The number of nitrogens with zero attached hydrogens (tertiary/aromatic N) is 3. The Labute approximate surface area is 131 Å². The molecule has 3 rings (SSSR count). The lowest BCUT2D eigenvalue weighted by Crippen LogP contribution is -2.31. The van der Waals surface area contributed by atoms with E-state index in [0.29, 0.717) is 23.3 Å². The molecule has 110 valence electrons. The van der Waals surface area contributed by atoms with Gasteiger partial charge in [-0.2, -0.15) is 0 Å². The Balaban J connectivity index is 1.74. The van der Waals surface area contributed by atoms with Gasteiger partial charge in [0.25, 0.3) is 5.91 Å². The summed E-state index contributed by atoms with van der Waals surface area (Å²) >= 11 is 7.39. The number of aromatic nitrogens is 3. The fourth-order valence-electron chi connectivity index (χ4n) is 2.05. The Morgan fingerprint density at radius 1 is 1.57 bits per heavy atom. The molecule has 2 aromatic rings. The molecule has 0 aliphatic heterocycles. The summed E-state index contributed by atoms with van der Waals surface area (Å²) in [5, 5.41) is 6.90. The maximum absolute atomic E-state index is 12.5. The first-order valence-corrected chi connectivity index (χ1v) is 7.93. The molecule has 2 aromatic heterocycles. The molecular formula is C14H15ClN4OS. The van der Waals surface area contributed by atoms with Crippen LogP contribution in [-0.4, -0.2) is 32.5 Å². The minimum Gasteiger partial charge on any atom is -0.327 e. The van der Waals surface area contributed by atoms with Gasteiger partial charge in [0.1, 0.15) is 5.82 Å². The van der Waals surface area contributed by atoms with Crippen LogP contribution in [0.3, 0.4) is 0 Å². The highest BCUT2D eigenvalue weighted by Crippen LogP contribution is 2.37. The minimum atomic E-state index is -0.192. The van der Waals surface area contributed by atoms with Crippen molar-refractivity contribution in [1.29, 1.82) is 0 Å². The average Bonchev–Trinajstić information content (AvgIpc) is 3.06. The average molecular weight is 323 g/mol. The van der Waals surface area contributed by atoms with Gasteiger partial charge in [-0.3, -0.25) is 9.89 Å². The van der Waals surface area contributed by atoms with E-state index in [0.717, 1.165) is 23.5 Å². The van der Waals surface area contributed by atoms with Crippen molar-refractivity contribution >= 4 is 28.8 Å². The van der Waals surface area contributed by atoms with Crippen molar-refractivity contribution in [1.82, 2.24) is 20.1 Å². The molecule has 7 heteroatoms. The van der Waals surface area contributed by atoms with Gasteiger partial charge in [-0.15, -0.1) is 23.0 Å². The second-order valence-corrected chi connectivity index (χ2v) is 6.80. The van der Waals surface area contributed by atoms with E-state index in [1.54, 1.807) is 11.0 Å². The number of carbonyl (C=O) groups is 1. The molecule has 0 unspecified atom stereocenters. The summed E-state index contributed by atoms with van der Waals surface area (Å²) in [6.45, 7) is 4.63. The second kappa shape index (κ2) is 5.99. The summed E-state index contributed by atoms with van der Waals surface area (Å²) in [4.78, 5) is 19.5. The van der Waals surface area contributed by atoms with E-state index in [1.807, 2.05) is 12.1 Å². The normalized spacial score (nSPS) is 14.1. The fraction of sp³-hybridized carbons (Fsp3) is 0.357. The van der Waals surface area contributed by atoms with Crippen LogP contribution >= 0.6 is 22.9 Å². The number of thiophene rings is 1. The quantitative estimate of drug-likeness (QED) is 0.831. The third-order valence-electron chi connectivity index (χ3n) is 3.27. The molecule has 1 amide bonds. The lowest BCUT2D eigenvalue weighted by molar-refractivity contribution is 0.0752. The predicted octanol–water partition coefficient (Wildman–Crippen LogP) is 3.23. The smallest absolute Gasteiger partial charge is 0.294 e. The number of H-pyrrole nitrogens is 1. The maximum atomic E-state index is 12.5. The van der Waals surface area contributed by atoms with Crippen molar-refractivity contribution in [2.45, 2.75) is 25.3 Å². The molecule has 1 aliphatic rings. The second-order valence-electron chi connectivity index (χ2n) is 5.00. The van der Waals surface area contributed by atoms with Crippen molar-refractivity contribution in [3.05, 3.63) is 45.6 Å². The summed E-state index contributed by atoms with van der Waals surface area (Å²) in [6.07, 6.45) is 3.93. The zero-order valence-corrected chi connectivity index (χ0v) is 13.0. The Morgan fingerprint density at radius 2 is 2.38 bits per heavy atom. The first kappa shape index (κ1) is 14.3. The van der Waals surface area contributed by atoms with Crippen molar-refractivity contribution in [3.63, 3.8) is 0 Å². The molecule has 21 heavy (non-hydrogen) atoms. The van der Waals surface area contributed by atoms with Crippen molar-refractivity contribution in [2.24, 2.45) is 0 Å². The number of nitrogens with one attached hydrogen (secondary N) is 1. The van der Waals surface area contributed by atoms with Gasteiger partial charge in [0.05, 0.1) is 10.9 Å². The van der Waals surface area contributed by atoms with Crippen LogP contribution in [0.25, 0.3) is 0 Å². The largest absolute Gasteiger partial charge is 0.327 e.